The average molecular weight is 277 g/mol. The van der Waals surface area contributed by atoms with Crippen molar-refractivity contribution < 1.29 is 9.90 Å². The van der Waals surface area contributed by atoms with Crippen LogP contribution in [-0.4, -0.2) is 43.8 Å². The third-order valence-corrected chi connectivity index (χ3v) is 3.54. The number of carbonyl (C=O) groups excluding carboxylic acids is 1. The first-order chi connectivity index (χ1) is 9.79. The fourth-order valence-electron chi connectivity index (χ4n) is 2.37. The lowest BCUT2D eigenvalue weighted by molar-refractivity contribution is 0.0945. The first kappa shape index (κ1) is 14.8. The third kappa shape index (κ3) is 4.51. The summed E-state index contributed by atoms with van der Waals surface area (Å²) in [5.41, 5.74) is 1.65. The van der Waals surface area contributed by atoms with Crippen LogP contribution in [0.1, 0.15) is 23.2 Å². The molecular formula is C15H23N3O2. The molecule has 5 nitrogen and oxygen atoms in total. The van der Waals surface area contributed by atoms with Crippen LogP contribution in [0.3, 0.4) is 0 Å². The Morgan fingerprint density at radius 1 is 1.35 bits per heavy atom. The van der Waals surface area contributed by atoms with E-state index in [0.29, 0.717) is 11.5 Å². The van der Waals surface area contributed by atoms with Gasteiger partial charge in [-0.3, -0.25) is 4.79 Å². The number of hydrogen-bond acceptors (Lipinski definition) is 4. The Morgan fingerprint density at radius 3 is 2.80 bits per heavy atom. The monoisotopic (exact) mass is 277 g/mol. The summed E-state index contributed by atoms with van der Waals surface area (Å²) in [6.07, 6.45) is 2.51. The van der Waals surface area contributed by atoms with E-state index in [2.05, 4.69) is 16.0 Å². The van der Waals surface area contributed by atoms with Gasteiger partial charge in [0.15, 0.2) is 0 Å². The van der Waals surface area contributed by atoms with Crippen molar-refractivity contribution in [2.75, 3.05) is 38.1 Å². The molecule has 1 unspecified atom stereocenters. The van der Waals surface area contributed by atoms with Gasteiger partial charge in [0.2, 0.25) is 0 Å². The lowest BCUT2D eigenvalue weighted by atomic mass is 10.00. The number of hydrogen-bond donors (Lipinski definition) is 4. The molecule has 0 saturated carbocycles. The number of amides is 1. The van der Waals surface area contributed by atoms with Crippen molar-refractivity contribution in [2.24, 2.45) is 5.92 Å². The number of anilines is 1. The Morgan fingerprint density at radius 2 is 2.15 bits per heavy atom. The van der Waals surface area contributed by atoms with Crippen LogP contribution in [0.2, 0.25) is 0 Å². The number of rotatable bonds is 6. The summed E-state index contributed by atoms with van der Waals surface area (Å²) in [5, 5.41) is 18.1. The number of piperidine rings is 1. The van der Waals surface area contributed by atoms with E-state index in [1.165, 1.54) is 12.8 Å². The van der Waals surface area contributed by atoms with Crippen molar-refractivity contribution in [3.63, 3.8) is 0 Å². The second-order valence-electron chi connectivity index (χ2n) is 5.15. The molecule has 110 valence electrons. The Kier molecular flexibility index (Phi) is 5.83. The van der Waals surface area contributed by atoms with Crippen LogP contribution >= 0.6 is 0 Å². The summed E-state index contributed by atoms with van der Waals surface area (Å²) in [6.45, 7) is 3.42. The van der Waals surface area contributed by atoms with Gasteiger partial charge in [-0.05, 0) is 56.1 Å². The Bertz CT molecular complexity index is 414. The molecule has 2 rings (SSSR count). The largest absolute Gasteiger partial charge is 0.395 e. The van der Waals surface area contributed by atoms with Crippen LogP contribution in [0.5, 0.6) is 0 Å². The van der Waals surface area contributed by atoms with Crippen LogP contribution in [0.4, 0.5) is 5.69 Å². The van der Waals surface area contributed by atoms with Gasteiger partial charge < -0.3 is 21.1 Å². The van der Waals surface area contributed by atoms with Crippen LogP contribution < -0.4 is 16.0 Å². The molecule has 0 aromatic heterocycles. The molecule has 20 heavy (non-hydrogen) atoms. The lowest BCUT2D eigenvalue weighted by Gasteiger charge is -2.23. The van der Waals surface area contributed by atoms with Crippen molar-refractivity contribution in [3.8, 4) is 0 Å². The molecule has 1 fully saturated rings. The van der Waals surface area contributed by atoms with E-state index in [4.69, 9.17) is 5.11 Å². The fraction of sp³-hybridized carbons (Fsp3) is 0.533. The summed E-state index contributed by atoms with van der Waals surface area (Å²) in [7, 11) is 0. The van der Waals surface area contributed by atoms with Gasteiger partial charge in [-0.1, -0.05) is 0 Å². The van der Waals surface area contributed by atoms with Gasteiger partial charge in [0.1, 0.15) is 0 Å². The highest BCUT2D eigenvalue weighted by molar-refractivity contribution is 5.94. The second-order valence-corrected chi connectivity index (χ2v) is 5.15. The predicted octanol–water partition coefficient (Wildman–Crippen LogP) is 0.820. The zero-order valence-electron chi connectivity index (χ0n) is 11.7. The second kappa shape index (κ2) is 7.87. The van der Waals surface area contributed by atoms with E-state index < -0.39 is 0 Å². The van der Waals surface area contributed by atoms with E-state index in [-0.39, 0.29) is 19.1 Å². The highest BCUT2D eigenvalue weighted by atomic mass is 16.3. The first-order valence-corrected chi connectivity index (χ1v) is 7.23. The first-order valence-electron chi connectivity index (χ1n) is 7.23. The normalized spacial score (nSPS) is 18.6. The van der Waals surface area contributed by atoms with Crippen LogP contribution in [0.25, 0.3) is 0 Å². The minimum Gasteiger partial charge on any atom is -0.395 e. The molecule has 0 aliphatic carbocycles. The molecule has 4 N–H and O–H groups in total. The molecule has 1 aliphatic rings. The van der Waals surface area contributed by atoms with Crippen LogP contribution in [0.15, 0.2) is 24.3 Å². The zero-order chi connectivity index (χ0) is 14.2. The fourth-order valence-corrected chi connectivity index (χ4v) is 2.37. The third-order valence-electron chi connectivity index (χ3n) is 3.54. The molecular weight excluding hydrogens is 254 g/mol. The van der Waals surface area contributed by atoms with Crippen molar-refractivity contribution in [2.45, 2.75) is 12.8 Å². The maximum absolute atomic E-state index is 11.7. The number of aliphatic hydroxyl groups excluding tert-OH is 1. The molecule has 0 bridgehead atoms. The maximum atomic E-state index is 11.7. The molecule has 5 heteroatoms. The van der Waals surface area contributed by atoms with E-state index in [1.807, 2.05) is 12.1 Å². The summed E-state index contributed by atoms with van der Waals surface area (Å²) in [4.78, 5) is 11.7. The maximum Gasteiger partial charge on any atom is 0.251 e. The molecule has 0 radical (unpaired) electrons. The SMILES string of the molecule is O=C(NCCO)c1ccc(NCC2CCCNC2)cc1. The zero-order valence-corrected chi connectivity index (χ0v) is 11.7. The number of nitrogens with one attached hydrogen (secondary N) is 3. The highest BCUT2D eigenvalue weighted by Gasteiger charge is 2.12. The predicted molar refractivity (Wildman–Crippen MR) is 79.9 cm³/mol. The van der Waals surface area contributed by atoms with Gasteiger partial charge in [-0.15, -0.1) is 0 Å². The number of benzene rings is 1. The quantitative estimate of drug-likeness (QED) is 0.621. The van der Waals surface area contributed by atoms with Gasteiger partial charge in [-0.2, -0.15) is 0 Å². The summed E-state index contributed by atoms with van der Waals surface area (Å²) < 4.78 is 0. The summed E-state index contributed by atoms with van der Waals surface area (Å²) in [6, 6.07) is 7.44. The molecule has 1 aromatic rings. The van der Waals surface area contributed by atoms with Crippen molar-refractivity contribution in [1.82, 2.24) is 10.6 Å². The van der Waals surface area contributed by atoms with E-state index in [1.54, 1.807) is 12.1 Å². The van der Waals surface area contributed by atoms with Crippen molar-refractivity contribution >= 4 is 11.6 Å². The number of carbonyl (C=O) groups is 1. The van der Waals surface area contributed by atoms with Gasteiger partial charge in [0.05, 0.1) is 6.61 Å². The van der Waals surface area contributed by atoms with Crippen LogP contribution in [-0.2, 0) is 0 Å². The van der Waals surface area contributed by atoms with Gasteiger partial charge >= 0.3 is 0 Å². The van der Waals surface area contributed by atoms with E-state index in [0.717, 1.165) is 25.3 Å². The molecule has 1 aromatic carbocycles. The minimum absolute atomic E-state index is 0.0409. The smallest absolute Gasteiger partial charge is 0.251 e. The molecule has 1 amide bonds. The Labute approximate surface area is 119 Å². The van der Waals surface area contributed by atoms with E-state index >= 15 is 0 Å². The molecule has 0 spiro atoms. The van der Waals surface area contributed by atoms with Crippen molar-refractivity contribution in [1.29, 1.82) is 0 Å². The molecule has 1 saturated heterocycles. The molecule has 1 heterocycles. The molecule has 1 atom stereocenters. The van der Waals surface area contributed by atoms with Gasteiger partial charge in [0, 0.05) is 24.3 Å². The highest BCUT2D eigenvalue weighted by Crippen LogP contribution is 2.13. The molecule has 1 aliphatic heterocycles. The summed E-state index contributed by atoms with van der Waals surface area (Å²) in [5.74, 6) is 0.526. The standard InChI is InChI=1S/C15H23N3O2/c19-9-8-17-15(20)13-3-5-14(6-4-13)18-11-12-2-1-7-16-10-12/h3-6,12,16,18-19H,1-2,7-11H2,(H,17,20). The van der Waals surface area contributed by atoms with Crippen molar-refractivity contribution in [3.05, 3.63) is 29.8 Å². The van der Waals surface area contributed by atoms with Crippen LogP contribution in [0, 0.1) is 5.92 Å². The number of aliphatic hydroxyl groups is 1. The minimum atomic E-state index is -0.151. The topological polar surface area (TPSA) is 73.4 Å². The van der Waals surface area contributed by atoms with Gasteiger partial charge in [0.25, 0.3) is 5.91 Å². The average Bonchev–Trinajstić information content (AvgIpc) is 2.52. The Balaban J connectivity index is 1.80. The van der Waals surface area contributed by atoms with Gasteiger partial charge in [-0.25, -0.2) is 0 Å². The lowest BCUT2D eigenvalue weighted by Crippen LogP contribution is -2.33. The summed E-state index contributed by atoms with van der Waals surface area (Å²) >= 11 is 0. The van der Waals surface area contributed by atoms with E-state index in [9.17, 15) is 4.79 Å². The Hall–Kier alpha value is -1.59.